The van der Waals surface area contributed by atoms with Crippen LogP contribution in [0, 0.1) is 5.92 Å². The molecule has 2 aromatic heterocycles. The molecule has 0 atom stereocenters. The largest absolute Gasteiger partial charge is 0.337 e. The van der Waals surface area contributed by atoms with E-state index < -0.39 is 5.69 Å². The predicted molar refractivity (Wildman–Crippen MR) is 120 cm³/mol. The lowest BCUT2D eigenvalue weighted by Gasteiger charge is -2.15. The van der Waals surface area contributed by atoms with Crippen molar-refractivity contribution >= 4 is 34.4 Å². The van der Waals surface area contributed by atoms with E-state index in [2.05, 4.69) is 4.98 Å². The maximum Gasteiger partial charge on any atom is 0.337 e. The van der Waals surface area contributed by atoms with E-state index in [-0.39, 0.29) is 17.1 Å². The number of aromatic nitrogens is 4. The Hall–Kier alpha value is -2.83. The maximum atomic E-state index is 13.3. The van der Waals surface area contributed by atoms with Crippen LogP contribution in [0.1, 0.15) is 19.4 Å². The van der Waals surface area contributed by atoms with Crippen LogP contribution in [0.5, 0.6) is 0 Å². The molecule has 154 valence electrons. The van der Waals surface area contributed by atoms with Crippen LogP contribution < -0.4 is 11.2 Å². The molecule has 8 heteroatoms. The molecule has 0 aliphatic carbocycles. The fourth-order valence-electron chi connectivity index (χ4n) is 3.51. The second-order valence-electron chi connectivity index (χ2n) is 7.55. The van der Waals surface area contributed by atoms with E-state index in [1.807, 2.05) is 32.0 Å². The van der Waals surface area contributed by atoms with Crippen LogP contribution in [-0.4, -0.2) is 18.7 Å². The van der Waals surface area contributed by atoms with E-state index in [1.54, 1.807) is 41.2 Å². The predicted octanol–water partition coefficient (Wildman–Crippen LogP) is 4.36. The van der Waals surface area contributed by atoms with E-state index in [9.17, 15) is 9.59 Å². The lowest BCUT2D eigenvalue weighted by Crippen LogP contribution is -2.41. The summed E-state index contributed by atoms with van der Waals surface area (Å²) in [6.07, 6.45) is 1.57. The summed E-state index contributed by atoms with van der Waals surface area (Å²) in [5.74, 6) is 0.108. The summed E-state index contributed by atoms with van der Waals surface area (Å²) in [4.78, 5) is 31.0. The SMILES string of the molecule is CC(C)Cn1c(=O)c2c(ncn2Cc2cccc(Cl)c2)n(-c2ccccc2Cl)c1=O. The van der Waals surface area contributed by atoms with E-state index in [0.29, 0.717) is 34.3 Å². The standard InChI is InChI=1S/C22H20Cl2N4O2/c1-14(2)11-27-21(29)19-20(28(22(27)30)18-9-4-3-8-17(18)24)25-13-26(19)12-15-6-5-7-16(23)10-15/h3-10,13-14H,11-12H2,1-2H3. The number of benzene rings is 2. The maximum absolute atomic E-state index is 13.3. The molecule has 2 heterocycles. The van der Waals surface area contributed by atoms with Gasteiger partial charge in [-0.1, -0.05) is 61.3 Å². The van der Waals surface area contributed by atoms with Gasteiger partial charge in [-0.2, -0.15) is 0 Å². The second kappa shape index (κ2) is 8.13. The molecule has 0 saturated heterocycles. The molecular formula is C22H20Cl2N4O2. The first-order chi connectivity index (χ1) is 14.4. The van der Waals surface area contributed by atoms with Gasteiger partial charge in [-0.05, 0) is 35.7 Å². The van der Waals surface area contributed by atoms with Gasteiger partial charge in [-0.15, -0.1) is 0 Å². The van der Waals surface area contributed by atoms with Gasteiger partial charge in [0.15, 0.2) is 11.2 Å². The van der Waals surface area contributed by atoms with E-state index in [4.69, 9.17) is 23.2 Å². The zero-order valence-electron chi connectivity index (χ0n) is 16.5. The van der Waals surface area contributed by atoms with E-state index in [1.165, 1.54) is 9.13 Å². The van der Waals surface area contributed by atoms with Crippen molar-refractivity contribution in [2.24, 2.45) is 5.92 Å². The first-order valence-electron chi connectivity index (χ1n) is 9.57. The summed E-state index contributed by atoms with van der Waals surface area (Å²) < 4.78 is 4.41. The molecule has 2 aromatic carbocycles. The second-order valence-corrected chi connectivity index (χ2v) is 8.40. The minimum Gasteiger partial charge on any atom is -0.320 e. The normalized spacial score (nSPS) is 11.5. The van der Waals surface area contributed by atoms with Crippen molar-refractivity contribution in [3.8, 4) is 5.69 Å². The number of imidazole rings is 1. The molecule has 6 nitrogen and oxygen atoms in total. The molecular weight excluding hydrogens is 423 g/mol. The quantitative estimate of drug-likeness (QED) is 0.461. The summed E-state index contributed by atoms with van der Waals surface area (Å²) in [6, 6.07) is 14.4. The fraction of sp³-hybridized carbons (Fsp3) is 0.227. The van der Waals surface area contributed by atoms with Crippen LogP contribution in [0.4, 0.5) is 0 Å². The number of nitrogens with zero attached hydrogens (tertiary/aromatic N) is 4. The van der Waals surface area contributed by atoms with Crippen molar-refractivity contribution in [3.05, 3.63) is 91.3 Å². The molecule has 0 N–H and O–H groups in total. The van der Waals surface area contributed by atoms with Gasteiger partial charge < -0.3 is 4.57 Å². The Bertz CT molecular complexity index is 1350. The Kier molecular flexibility index (Phi) is 5.54. The summed E-state index contributed by atoms with van der Waals surface area (Å²) in [6.45, 7) is 4.60. The van der Waals surface area contributed by atoms with Crippen molar-refractivity contribution in [1.29, 1.82) is 0 Å². The number of hydrogen-bond donors (Lipinski definition) is 0. The molecule has 4 rings (SSSR count). The van der Waals surface area contributed by atoms with Crippen LogP contribution in [0.2, 0.25) is 10.0 Å². The molecule has 30 heavy (non-hydrogen) atoms. The third kappa shape index (κ3) is 3.68. The Morgan fingerprint density at radius 3 is 2.50 bits per heavy atom. The van der Waals surface area contributed by atoms with Crippen molar-refractivity contribution in [1.82, 2.24) is 18.7 Å². The van der Waals surface area contributed by atoms with Crippen LogP contribution in [-0.2, 0) is 13.1 Å². The average molecular weight is 443 g/mol. The highest BCUT2D eigenvalue weighted by molar-refractivity contribution is 6.32. The fourth-order valence-corrected chi connectivity index (χ4v) is 3.94. The number of halogens is 2. The molecule has 4 aromatic rings. The average Bonchev–Trinajstić information content (AvgIpc) is 3.10. The summed E-state index contributed by atoms with van der Waals surface area (Å²) in [5.41, 5.74) is 1.20. The molecule has 0 spiro atoms. The highest BCUT2D eigenvalue weighted by Gasteiger charge is 2.21. The summed E-state index contributed by atoms with van der Waals surface area (Å²) in [7, 11) is 0. The minimum absolute atomic E-state index is 0.108. The zero-order valence-corrected chi connectivity index (χ0v) is 18.1. The highest BCUT2D eigenvalue weighted by atomic mass is 35.5. The minimum atomic E-state index is -0.456. The van der Waals surface area contributed by atoms with Gasteiger partial charge in [-0.25, -0.2) is 14.3 Å². The monoisotopic (exact) mass is 442 g/mol. The summed E-state index contributed by atoms with van der Waals surface area (Å²) >= 11 is 12.5. The first kappa shape index (κ1) is 20.4. The third-order valence-electron chi connectivity index (χ3n) is 4.78. The molecule has 0 unspecified atom stereocenters. The van der Waals surface area contributed by atoms with Crippen LogP contribution in [0.25, 0.3) is 16.9 Å². The van der Waals surface area contributed by atoms with Crippen molar-refractivity contribution in [2.45, 2.75) is 26.9 Å². The van der Waals surface area contributed by atoms with Crippen LogP contribution in [0.3, 0.4) is 0 Å². The lowest BCUT2D eigenvalue weighted by molar-refractivity contribution is 0.489. The van der Waals surface area contributed by atoms with Gasteiger partial charge in [-0.3, -0.25) is 9.36 Å². The molecule has 0 aliphatic heterocycles. The molecule has 0 amide bonds. The first-order valence-corrected chi connectivity index (χ1v) is 10.3. The Labute approximate surface area is 182 Å². The molecule has 0 fully saturated rings. The third-order valence-corrected chi connectivity index (χ3v) is 5.34. The highest BCUT2D eigenvalue weighted by Crippen LogP contribution is 2.22. The van der Waals surface area contributed by atoms with Crippen molar-refractivity contribution in [3.63, 3.8) is 0 Å². The molecule has 0 aliphatic rings. The van der Waals surface area contributed by atoms with Gasteiger partial charge in [0.05, 0.1) is 17.0 Å². The topological polar surface area (TPSA) is 61.8 Å². The van der Waals surface area contributed by atoms with Gasteiger partial charge >= 0.3 is 5.69 Å². The van der Waals surface area contributed by atoms with Gasteiger partial charge in [0.25, 0.3) is 5.56 Å². The Morgan fingerprint density at radius 1 is 1.03 bits per heavy atom. The smallest absolute Gasteiger partial charge is 0.320 e. The lowest BCUT2D eigenvalue weighted by atomic mass is 10.2. The van der Waals surface area contributed by atoms with E-state index in [0.717, 1.165) is 5.56 Å². The number of hydrogen-bond acceptors (Lipinski definition) is 3. The van der Waals surface area contributed by atoms with Gasteiger partial charge in [0, 0.05) is 18.1 Å². The number of para-hydroxylation sites is 1. The Morgan fingerprint density at radius 2 is 1.80 bits per heavy atom. The van der Waals surface area contributed by atoms with Gasteiger partial charge in [0.2, 0.25) is 0 Å². The Balaban J connectivity index is 2.02. The number of fused-ring (bicyclic) bond motifs is 1. The molecule has 0 radical (unpaired) electrons. The zero-order chi connectivity index (χ0) is 21.4. The number of rotatable bonds is 5. The van der Waals surface area contributed by atoms with Crippen molar-refractivity contribution in [2.75, 3.05) is 0 Å². The van der Waals surface area contributed by atoms with Gasteiger partial charge in [0.1, 0.15) is 0 Å². The van der Waals surface area contributed by atoms with E-state index >= 15 is 0 Å². The molecule has 0 saturated carbocycles. The molecule has 0 bridgehead atoms. The summed E-state index contributed by atoms with van der Waals surface area (Å²) in [5, 5.41) is 1.02. The van der Waals surface area contributed by atoms with Crippen LogP contribution >= 0.6 is 23.2 Å². The van der Waals surface area contributed by atoms with Crippen molar-refractivity contribution < 1.29 is 0 Å². The van der Waals surface area contributed by atoms with Crippen LogP contribution in [0.15, 0.2) is 64.4 Å².